The van der Waals surface area contributed by atoms with Gasteiger partial charge in [-0.3, -0.25) is 0 Å². The Bertz CT molecular complexity index is 499. The zero-order valence-electron chi connectivity index (χ0n) is 15.6. The molecule has 130 valence electrons. The molecule has 1 aliphatic carbocycles. The van der Waals surface area contributed by atoms with E-state index in [0.717, 1.165) is 12.0 Å². The van der Waals surface area contributed by atoms with Gasteiger partial charge >= 0.3 is 0 Å². The molecule has 2 rings (SSSR count). The lowest BCUT2D eigenvalue weighted by molar-refractivity contribution is -0.0739. The summed E-state index contributed by atoms with van der Waals surface area (Å²) in [7, 11) is 0. The standard InChI is InChI=1S/C21H34O2/c1-6-16(4)21(17(5)7-2)13-9-8-10-20(21)23-19-14-15(3)11-12-18(19)22/h11-12,14,16-17,20,22H,6-10,13H2,1-5H3. The fraction of sp³-hybridized carbons (Fsp3) is 0.714. The zero-order valence-corrected chi connectivity index (χ0v) is 15.6. The number of aryl methyl sites for hydroxylation is 1. The largest absolute Gasteiger partial charge is 0.504 e. The topological polar surface area (TPSA) is 29.5 Å². The highest BCUT2D eigenvalue weighted by atomic mass is 16.5. The molecular weight excluding hydrogens is 284 g/mol. The van der Waals surface area contributed by atoms with Crippen molar-refractivity contribution in [2.24, 2.45) is 17.3 Å². The Balaban J connectivity index is 2.37. The predicted octanol–water partition coefficient (Wildman–Crippen LogP) is 6.10. The van der Waals surface area contributed by atoms with E-state index in [-0.39, 0.29) is 17.3 Å². The Kier molecular flexibility index (Phi) is 6.00. The summed E-state index contributed by atoms with van der Waals surface area (Å²) in [5.41, 5.74) is 1.35. The summed E-state index contributed by atoms with van der Waals surface area (Å²) in [5, 5.41) is 10.2. The number of aromatic hydroxyl groups is 1. The lowest BCUT2D eigenvalue weighted by atomic mass is 9.57. The minimum absolute atomic E-state index is 0.203. The Morgan fingerprint density at radius 1 is 1.17 bits per heavy atom. The second kappa shape index (κ2) is 7.59. The highest BCUT2D eigenvalue weighted by molar-refractivity contribution is 5.41. The van der Waals surface area contributed by atoms with Gasteiger partial charge in [0.15, 0.2) is 11.5 Å². The first-order valence-corrected chi connectivity index (χ1v) is 9.41. The lowest BCUT2D eigenvalue weighted by Gasteiger charge is -2.51. The maximum atomic E-state index is 10.2. The fourth-order valence-corrected chi connectivity index (χ4v) is 4.60. The summed E-state index contributed by atoms with van der Waals surface area (Å²) in [5.74, 6) is 2.20. The van der Waals surface area contributed by atoms with Crippen molar-refractivity contribution < 1.29 is 9.84 Å². The van der Waals surface area contributed by atoms with E-state index in [9.17, 15) is 5.11 Å². The molecule has 0 aliphatic heterocycles. The van der Waals surface area contributed by atoms with Crippen LogP contribution in [0.15, 0.2) is 18.2 Å². The van der Waals surface area contributed by atoms with Crippen LogP contribution in [0, 0.1) is 24.2 Å². The van der Waals surface area contributed by atoms with E-state index >= 15 is 0 Å². The van der Waals surface area contributed by atoms with E-state index in [1.54, 1.807) is 6.07 Å². The molecule has 0 spiro atoms. The average Bonchev–Trinajstić information content (AvgIpc) is 2.57. The number of phenolic OH excluding ortho intramolecular Hbond substituents is 1. The van der Waals surface area contributed by atoms with Crippen molar-refractivity contribution in [2.45, 2.75) is 79.2 Å². The van der Waals surface area contributed by atoms with Gasteiger partial charge in [-0.15, -0.1) is 0 Å². The van der Waals surface area contributed by atoms with Crippen LogP contribution in [0.2, 0.25) is 0 Å². The van der Waals surface area contributed by atoms with Crippen LogP contribution in [0.4, 0.5) is 0 Å². The van der Waals surface area contributed by atoms with E-state index in [2.05, 4.69) is 27.7 Å². The predicted molar refractivity (Wildman–Crippen MR) is 97.1 cm³/mol. The molecule has 1 aliphatic rings. The number of rotatable bonds is 6. The van der Waals surface area contributed by atoms with E-state index in [0.29, 0.717) is 17.6 Å². The maximum Gasteiger partial charge on any atom is 0.161 e. The molecular formula is C21H34O2. The van der Waals surface area contributed by atoms with Gasteiger partial charge in [-0.1, -0.05) is 53.0 Å². The molecule has 1 fully saturated rings. The van der Waals surface area contributed by atoms with Crippen LogP contribution in [0.3, 0.4) is 0 Å². The van der Waals surface area contributed by atoms with Crippen LogP contribution < -0.4 is 4.74 Å². The first-order chi connectivity index (χ1) is 11.0. The van der Waals surface area contributed by atoms with Crippen LogP contribution >= 0.6 is 0 Å². The molecule has 0 saturated heterocycles. The zero-order chi connectivity index (χ0) is 17.0. The molecule has 0 radical (unpaired) electrons. The van der Waals surface area contributed by atoms with Crippen molar-refractivity contribution >= 4 is 0 Å². The molecule has 1 N–H and O–H groups in total. The Hall–Kier alpha value is -1.18. The van der Waals surface area contributed by atoms with Crippen molar-refractivity contribution in [3.8, 4) is 11.5 Å². The van der Waals surface area contributed by atoms with Crippen LogP contribution in [0.5, 0.6) is 11.5 Å². The second-order valence-electron chi connectivity index (χ2n) is 7.55. The SMILES string of the molecule is CCC(C)C1(C(C)CC)CCCCC1Oc1cc(C)ccc1O. The van der Waals surface area contributed by atoms with Gasteiger partial charge in [0.1, 0.15) is 6.10 Å². The average molecular weight is 319 g/mol. The second-order valence-corrected chi connectivity index (χ2v) is 7.55. The van der Waals surface area contributed by atoms with E-state index in [4.69, 9.17) is 4.74 Å². The van der Waals surface area contributed by atoms with Gasteiger partial charge in [0.2, 0.25) is 0 Å². The summed E-state index contributed by atoms with van der Waals surface area (Å²) < 4.78 is 6.48. The molecule has 1 saturated carbocycles. The number of phenols is 1. The number of hydrogen-bond acceptors (Lipinski definition) is 2. The lowest BCUT2D eigenvalue weighted by Crippen LogP contribution is -2.50. The van der Waals surface area contributed by atoms with Crippen molar-refractivity contribution in [2.75, 3.05) is 0 Å². The molecule has 2 heteroatoms. The molecule has 0 aromatic heterocycles. The minimum Gasteiger partial charge on any atom is -0.504 e. The van der Waals surface area contributed by atoms with Crippen LogP contribution in [-0.4, -0.2) is 11.2 Å². The van der Waals surface area contributed by atoms with E-state index in [1.165, 1.54) is 32.1 Å². The third kappa shape index (κ3) is 3.51. The van der Waals surface area contributed by atoms with Crippen LogP contribution in [0.25, 0.3) is 0 Å². The first-order valence-electron chi connectivity index (χ1n) is 9.41. The van der Waals surface area contributed by atoms with Crippen molar-refractivity contribution in [1.82, 2.24) is 0 Å². The number of benzene rings is 1. The minimum atomic E-state index is 0.203. The molecule has 0 heterocycles. The molecule has 23 heavy (non-hydrogen) atoms. The van der Waals surface area contributed by atoms with Gasteiger partial charge in [-0.05, 0) is 55.7 Å². The third-order valence-electron chi connectivity index (χ3n) is 6.37. The van der Waals surface area contributed by atoms with E-state index in [1.807, 2.05) is 19.1 Å². The summed E-state index contributed by atoms with van der Waals surface area (Å²) in [4.78, 5) is 0. The Morgan fingerprint density at radius 2 is 1.83 bits per heavy atom. The first kappa shape index (κ1) is 18.2. The number of ether oxygens (including phenoxy) is 1. The van der Waals surface area contributed by atoms with E-state index < -0.39 is 0 Å². The van der Waals surface area contributed by atoms with Crippen molar-refractivity contribution in [3.63, 3.8) is 0 Å². The summed E-state index contributed by atoms with van der Waals surface area (Å²) in [6.07, 6.45) is 7.44. The van der Waals surface area contributed by atoms with Gasteiger partial charge in [0, 0.05) is 5.41 Å². The molecule has 2 nitrogen and oxygen atoms in total. The Labute approximate surface area is 142 Å². The smallest absolute Gasteiger partial charge is 0.161 e. The quantitative estimate of drug-likeness (QED) is 0.686. The fourth-order valence-electron chi connectivity index (χ4n) is 4.60. The molecule has 0 bridgehead atoms. The molecule has 3 unspecified atom stereocenters. The van der Waals surface area contributed by atoms with Crippen molar-refractivity contribution in [1.29, 1.82) is 0 Å². The highest BCUT2D eigenvalue weighted by Crippen LogP contribution is 2.52. The molecule has 1 aromatic rings. The van der Waals surface area contributed by atoms with Gasteiger partial charge < -0.3 is 9.84 Å². The van der Waals surface area contributed by atoms with Gasteiger partial charge in [-0.2, -0.15) is 0 Å². The monoisotopic (exact) mass is 318 g/mol. The summed E-state index contributed by atoms with van der Waals surface area (Å²) >= 11 is 0. The van der Waals surface area contributed by atoms with Gasteiger partial charge in [0.25, 0.3) is 0 Å². The normalized spacial score (nSPS) is 27.4. The summed E-state index contributed by atoms with van der Waals surface area (Å²) in [6.45, 7) is 11.4. The number of hydrogen-bond donors (Lipinski definition) is 1. The van der Waals surface area contributed by atoms with Crippen molar-refractivity contribution in [3.05, 3.63) is 23.8 Å². The van der Waals surface area contributed by atoms with Crippen LogP contribution in [-0.2, 0) is 0 Å². The van der Waals surface area contributed by atoms with Gasteiger partial charge in [-0.25, -0.2) is 0 Å². The molecule has 1 aromatic carbocycles. The molecule has 0 amide bonds. The third-order valence-corrected chi connectivity index (χ3v) is 6.37. The Morgan fingerprint density at radius 3 is 2.43 bits per heavy atom. The van der Waals surface area contributed by atoms with Crippen LogP contribution in [0.1, 0.15) is 71.8 Å². The highest BCUT2D eigenvalue weighted by Gasteiger charge is 2.49. The summed E-state index contributed by atoms with van der Waals surface area (Å²) in [6, 6.07) is 5.66. The van der Waals surface area contributed by atoms with Gasteiger partial charge in [0.05, 0.1) is 0 Å². The maximum absolute atomic E-state index is 10.2. The molecule has 3 atom stereocenters.